The largest absolute Gasteiger partial charge is 0.507 e. The maximum atomic E-state index is 14.7. The van der Waals surface area contributed by atoms with Crippen LogP contribution in [0.4, 0.5) is 8.78 Å². The molecule has 1 N–H and O–H groups in total. The van der Waals surface area contributed by atoms with Gasteiger partial charge in [0.15, 0.2) is 0 Å². The number of ether oxygens (including phenoxy) is 1. The van der Waals surface area contributed by atoms with Gasteiger partial charge < -0.3 is 9.84 Å². The lowest BCUT2D eigenvalue weighted by atomic mass is 9.72. The molecule has 1 aromatic rings. The average molecular weight is 379 g/mol. The van der Waals surface area contributed by atoms with E-state index in [4.69, 9.17) is 4.74 Å². The van der Waals surface area contributed by atoms with Gasteiger partial charge in [-0.2, -0.15) is 8.78 Å². The number of unbranched alkanes of at least 4 members (excludes halogenated alkanes) is 2. The smallest absolute Gasteiger partial charge is 0.401 e. The third-order valence-corrected chi connectivity index (χ3v) is 6.61. The van der Waals surface area contributed by atoms with Crippen molar-refractivity contribution in [3.05, 3.63) is 34.9 Å². The van der Waals surface area contributed by atoms with E-state index in [1.54, 1.807) is 12.1 Å². The van der Waals surface area contributed by atoms with E-state index in [0.29, 0.717) is 24.3 Å². The number of hydrogen-bond acceptors (Lipinski definition) is 2. The van der Waals surface area contributed by atoms with E-state index in [0.717, 1.165) is 17.6 Å². The molecule has 0 bridgehead atoms. The minimum Gasteiger partial charge on any atom is -0.507 e. The number of aromatic hydroxyl groups is 1. The molecule has 4 atom stereocenters. The summed E-state index contributed by atoms with van der Waals surface area (Å²) in [7, 11) is 0. The molecule has 2 nitrogen and oxygen atoms in total. The maximum absolute atomic E-state index is 14.7. The Balaban J connectivity index is 1.94. The fraction of sp³-hybridized carbons (Fsp3) is 0.652. The first-order valence-electron chi connectivity index (χ1n) is 10.4. The Kier molecular flexibility index (Phi) is 5.83. The first kappa shape index (κ1) is 20.2. The van der Waals surface area contributed by atoms with Gasteiger partial charge in [0.25, 0.3) is 0 Å². The van der Waals surface area contributed by atoms with Crippen LogP contribution < -0.4 is 4.74 Å². The van der Waals surface area contributed by atoms with E-state index in [1.807, 2.05) is 13.0 Å². The van der Waals surface area contributed by atoms with Gasteiger partial charge in [-0.3, -0.25) is 0 Å². The van der Waals surface area contributed by atoms with E-state index in [1.165, 1.54) is 19.3 Å². The van der Waals surface area contributed by atoms with Gasteiger partial charge in [-0.15, -0.1) is 0 Å². The molecule has 27 heavy (non-hydrogen) atoms. The van der Waals surface area contributed by atoms with E-state index >= 15 is 0 Å². The first-order chi connectivity index (χ1) is 12.8. The van der Waals surface area contributed by atoms with Gasteiger partial charge in [0.1, 0.15) is 11.5 Å². The van der Waals surface area contributed by atoms with Gasteiger partial charge in [-0.1, -0.05) is 58.1 Å². The zero-order valence-corrected chi connectivity index (χ0v) is 16.9. The Morgan fingerprint density at radius 3 is 2.70 bits per heavy atom. The number of rotatable bonds is 6. The lowest BCUT2D eigenvalue weighted by Gasteiger charge is -2.42. The number of phenols is 1. The van der Waals surface area contributed by atoms with Crippen molar-refractivity contribution in [3.8, 4) is 11.5 Å². The molecule has 1 aromatic carbocycles. The molecule has 3 rings (SSSR count). The van der Waals surface area contributed by atoms with Gasteiger partial charge in [0, 0.05) is 11.5 Å². The van der Waals surface area contributed by atoms with Crippen LogP contribution in [0, 0.1) is 11.8 Å². The van der Waals surface area contributed by atoms with E-state index in [9.17, 15) is 13.9 Å². The second-order valence-electron chi connectivity index (χ2n) is 8.49. The number of hydrogen-bond donors (Lipinski definition) is 1. The highest BCUT2D eigenvalue weighted by atomic mass is 19.3. The summed E-state index contributed by atoms with van der Waals surface area (Å²) in [6.07, 6.45) is 4.46. The third kappa shape index (κ3) is 3.86. The normalized spacial score (nSPS) is 25.6. The Bertz CT molecular complexity index is 711. The fourth-order valence-electron chi connectivity index (χ4n) is 4.70. The minimum atomic E-state index is -3.20. The van der Waals surface area contributed by atoms with Gasteiger partial charge in [0.05, 0.1) is 5.92 Å². The second kappa shape index (κ2) is 7.81. The van der Waals surface area contributed by atoms with Crippen molar-refractivity contribution < 1.29 is 18.6 Å². The summed E-state index contributed by atoms with van der Waals surface area (Å²) in [4.78, 5) is 0. The summed E-state index contributed by atoms with van der Waals surface area (Å²) in [5.74, 6) is -0.534. The monoisotopic (exact) mass is 378 g/mol. The Morgan fingerprint density at radius 1 is 1.26 bits per heavy atom. The summed E-state index contributed by atoms with van der Waals surface area (Å²) < 4.78 is 34.5. The van der Waals surface area contributed by atoms with E-state index in [2.05, 4.69) is 20.8 Å². The maximum Gasteiger partial charge on any atom is 0.401 e. The highest BCUT2D eigenvalue weighted by Gasteiger charge is 2.53. The Labute approximate surface area is 161 Å². The zero-order chi connectivity index (χ0) is 19.8. The van der Waals surface area contributed by atoms with Crippen LogP contribution in [0.5, 0.6) is 11.5 Å². The lowest BCUT2D eigenvalue weighted by Crippen LogP contribution is -2.43. The number of alkyl halides is 2. The van der Waals surface area contributed by atoms with Crippen LogP contribution >= 0.6 is 0 Å². The summed E-state index contributed by atoms with van der Waals surface area (Å²) in [6.45, 7) is 8.36. The van der Waals surface area contributed by atoms with Gasteiger partial charge in [0.2, 0.25) is 0 Å². The van der Waals surface area contributed by atoms with Crippen LogP contribution in [0.3, 0.4) is 0 Å². The molecule has 1 aliphatic carbocycles. The topological polar surface area (TPSA) is 29.5 Å². The molecule has 2 aliphatic rings. The molecule has 4 unspecified atom stereocenters. The van der Waals surface area contributed by atoms with Crippen LogP contribution in [-0.2, 0) is 0 Å². The van der Waals surface area contributed by atoms with Crippen molar-refractivity contribution in [1.29, 1.82) is 0 Å². The molecule has 1 aliphatic heterocycles. The van der Waals surface area contributed by atoms with Crippen LogP contribution in [-0.4, -0.2) is 11.2 Å². The summed E-state index contributed by atoms with van der Waals surface area (Å²) >= 11 is 0. The molecule has 1 heterocycles. The van der Waals surface area contributed by atoms with Gasteiger partial charge in [-0.05, 0) is 49.3 Å². The molecule has 0 saturated heterocycles. The molecule has 0 saturated carbocycles. The highest BCUT2D eigenvalue weighted by Crippen LogP contribution is 2.56. The van der Waals surface area contributed by atoms with E-state index < -0.39 is 17.9 Å². The van der Waals surface area contributed by atoms with Gasteiger partial charge in [-0.25, -0.2) is 0 Å². The van der Waals surface area contributed by atoms with Crippen molar-refractivity contribution in [2.24, 2.45) is 11.8 Å². The van der Waals surface area contributed by atoms with Crippen molar-refractivity contribution >= 4 is 0 Å². The number of benzene rings is 1. The predicted octanol–water partition coefficient (Wildman–Crippen LogP) is 7.14. The fourth-order valence-corrected chi connectivity index (χ4v) is 4.70. The lowest BCUT2D eigenvalue weighted by molar-refractivity contribution is -0.230. The number of phenolic OH excluding ortho intramolecular Hbond substituents is 1. The molecular formula is C23H32F2O2. The second-order valence-corrected chi connectivity index (χ2v) is 8.49. The summed E-state index contributed by atoms with van der Waals surface area (Å²) in [5.41, 5.74) is 2.32. The molecule has 0 amide bonds. The Morgan fingerprint density at radius 2 is 2.00 bits per heavy atom. The van der Waals surface area contributed by atoms with Crippen LogP contribution in [0.25, 0.3) is 0 Å². The SMILES string of the molecule is CCCCCC(C)C(C)c1cc(O)c2c(c1)OC(F)(F)C1CCC=C(C)C21. The average Bonchev–Trinajstić information content (AvgIpc) is 2.60. The molecule has 0 radical (unpaired) electrons. The first-order valence-corrected chi connectivity index (χ1v) is 10.4. The van der Waals surface area contributed by atoms with Crippen LogP contribution in [0.1, 0.15) is 89.2 Å². The number of fused-ring (bicyclic) bond motifs is 3. The molecule has 0 fully saturated rings. The third-order valence-electron chi connectivity index (χ3n) is 6.61. The number of halogens is 2. The standard InChI is InChI=1S/C23H32F2O2/c1-5-6-7-9-14(2)16(4)17-12-19(26)22-20(13-17)27-23(24,25)18-11-8-10-15(3)21(18)22/h10,12-14,16,18,21,26H,5-9,11H2,1-4H3. The molecule has 0 spiro atoms. The number of allylic oxidation sites excluding steroid dienone is 2. The van der Waals surface area contributed by atoms with Crippen LogP contribution in [0.2, 0.25) is 0 Å². The van der Waals surface area contributed by atoms with E-state index in [-0.39, 0.29) is 17.4 Å². The quantitative estimate of drug-likeness (QED) is 0.421. The van der Waals surface area contributed by atoms with Gasteiger partial charge >= 0.3 is 6.11 Å². The molecular weight excluding hydrogens is 346 g/mol. The highest BCUT2D eigenvalue weighted by molar-refractivity contribution is 5.55. The molecule has 4 heteroatoms. The Hall–Kier alpha value is -1.58. The van der Waals surface area contributed by atoms with Crippen molar-refractivity contribution in [1.82, 2.24) is 0 Å². The predicted molar refractivity (Wildman–Crippen MR) is 105 cm³/mol. The summed E-state index contributed by atoms with van der Waals surface area (Å²) in [6, 6.07) is 3.51. The summed E-state index contributed by atoms with van der Waals surface area (Å²) in [5, 5.41) is 10.8. The zero-order valence-electron chi connectivity index (χ0n) is 16.9. The molecule has 0 aromatic heterocycles. The van der Waals surface area contributed by atoms with Crippen molar-refractivity contribution in [3.63, 3.8) is 0 Å². The van der Waals surface area contributed by atoms with Crippen molar-refractivity contribution in [2.75, 3.05) is 0 Å². The van der Waals surface area contributed by atoms with Crippen molar-refractivity contribution in [2.45, 2.75) is 84.2 Å². The molecule has 150 valence electrons. The minimum absolute atomic E-state index is 0.0928. The van der Waals surface area contributed by atoms with Crippen LogP contribution in [0.15, 0.2) is 23.8 Å².